The standard InChI is InChI=1S/C12H23N5O2S/c1-11(2)17-12(3-4-14-17)20(18,19)15-7-10-16-8-5-13-6-9-16/h3-4,11,13,15H,5-10H2,1-2H3. The van der Waals surface area contributed by atoms with Crippen LogP contribution >= 0.6 is 0 Å². The molecule has 7 nitrogen and oxygen atoms in total. The zero-order valence-corrected chi connectivity index (χ0v) is 12.9. The summed E-state index contributed by atoms with van der Waals surface area (Å²) in [7, 11) is -3.49. The van der Waals surface area contributed by atoms with Crippen LogP contribution in [0.1, 0.15) is 19.9 Å². The highest BCUT2D eigenvalue weighted by atomic mass is 32.2. The van der Waals surface area contributed by atoms with E-state index in [0.29, 0.717) is 6.54 Å². The van der Waals surface area contributed by atoms with Crippen molar-refractivity contribution in [2.45, 2.75) is 24.9 Å². The third-order valence-electron chi connectivity index (χ3n) is 3.33. The number of aromatic nitrogens is 2. The summed E-state index contributed by atoms with van der Waals surface area (Å²) in [6, 6.07) is 1.55. The van der Waals surface area contributed by atoms with Gasteiger partial charge in [-0.15, -0.1) is 0 Å². The molecule has 0 amide bonds. The molecular weight excluding hydrogens is 278 g/mol. The van der Waals surface area contributed by atoms with Gasteiger partial charge in [-0.2, -0.15) is 5.10 Å². The van der Waals surface area contributed by atoms with Gasteiger partial charge in [0.2, 0.25) is 0 Å². The molecule has 0 atom stereocenters. The summed E-state index contributed by atoms with van der Waals surface area (Å²) in [5, 5.41) is 7.56. The number of nitrogens with zero attached hydrogens (tertiary/aromatic N) is 3. The van der Waals surface area contributed by atoms with Crippen LogP contribution in [-0.2, 0) is 10.0 Å². The minimum atomic E-state index is -3.49. The Bertz CT molecular complexity index is 520. The van der Waals surface area contributed by atoms with E-state index >= 15 is 0 Å². The Morgan fingerprint density at radius 2 is 2.10 bits per heavy atom. The van der Waals surface area contributed by atoms with E-state index in [2.05, 4.69) is 20.0 Å². The largest absolute Gasteiger partial charge is 0.314 e. The summed E-state index contributed by atoms with van der Waals surface area (Å²) in [4.78, 5) is 2.25. The second kappa shape index (κ2) is 6.66. The van der Waals surface area contributed by atoms with Crippen LogP contribution in [0.2, 0.25) is 0 Å². The van der Waals surface area contributed by atoms with Crippen molar-refractivity contribution in [3.8, 4) is 0 Å². The molecule has 2 heterocycles. The zero-order chi connectivity index (χ0) is 14.6. The molecule has 0 aliphatic carbocycles. The summed E-state index contributed by atoms with van der Waals surface area (Å²) in [6.45, 7) is 8.83. The van der Waals surface area contributed by atoms with E-state index in [9.17, 15) is 8.42 Å². The van der Waals surface area contributed by atoms with Crippen molar-refractivity contribution >= 4 is 10.0 Å². The molecule has 8 heteroatoms. The van der Waals surface area contributed by atoms with Crippen molar-refractivity contribution in [1.29, 1.82) is 0 Å². The molecule has 1 aliphatic heterocycles. The quantitative estimate of drug-likeness (QED) is 0.751. The van der Waals surface area contributed by atoms with Gasteiger partial charge in [-0.3, -0.25) is 9.58 Å². The van der Waals surface area contributed by atoms with Gasteiger partial charge >= 0.3 is 0 Å². The van der Waals surface area contributed by atoms with Crippen molar-refractivity contribution in [3.05, 3.63) is 12.3 Å². The van der Waals surface area contributed by atoms with Crippen LogP contribution in [0.25, 0.3) is 0 Å². The molecule has 0 bridgehead atoms. The average molecular weight is 301 g/mol. The number of hydrogen-bond acceptors (Lipinski definition) is 5. The Morgan fingerprint density at radius 1 is 1.40 bits per heavy atom. The first-order chi connectivity index (χ1) is 9.50. The van der Waals surface area contributed by atoms with Gasteiger partial charge < -0.3 is 5.32 Å². The van der Waals surface area contributed by atoms with Crippen LogP contribution in [0.3, 0.4) is 0 Å². The number of piperazine rings is 1. The second-order valence-electron chi connectivity index (χ2n) is 5.20. The normalized spacial score (nSPS) is 17.8. The molecule has 0 spiro atoms. The molecule has 1 saturated heterocycles. The number of hydrogen-bond donors (Lipinski definition) is 2. The number of sulfonamides is 1. The van der Waals surface area contributed by atoms with Gasteiger partial charge in [-0.05, 0) is 19.9 Å². The van der Waals surface area contributed by atoms with E-state index in [-0.39, 0.29) is 11.1 Å². The lowest BCUT2D eigenvalue weighted by molar-refractivity contribution is 0.245. The smallest absolute Gasteiger partial charge is 0.257 e. The van der Waals surface area contributed by atoms with Crippen LogP contribution in [-0.4, -0.2) is 62.4 Å². The van der Waals surface area contributed by atoms with E-state index in [0.717, 1.165) is 32.7 Å². The first-order valence-electron chi connectivity index (χ1n) is 6.97. The van der Waals surface area contributed by atoms with E-state index in [1.54, 1.807) is 0 Å². The Hall–Kier alpha value is -0.960. The highest BCUT2D eigenvalue weighted by Crippen LogP contribution is 2.13. The fraction of sp³-hybridized carbons (Fsp3) is 0.750. The summed E-state index contributed by atoms with van der Waals surface area (Å²) < 4.78 is 28.7. The SMILES string of the molecule is CC(C)n1nccc1S(=O)(=O)NCCN1CCNCC1. The average Bonchev–Trinajstić information content (AvgIpc) is 2.90. The lowest BCUT2D eigenvalue weighted by Crippen LogP contribution is -2.46. The maximum atomic E-state index is 12.3. The molecule has 1 aromatic rings. The predicted molar refractivity (Wildman–Crippen MR) is 77.1 cm³/mol. The molecule has 20 heavy (non-hydrogen) atoms. The molecule has 1 aliphatic rings. The molecule has 0 radical (unpaired) electrons. The van der Waals surface area contributed by atoms with Crippen LogP contribution in [0, 0.1) is 0 Å². The third-order valence-corrected chi connectivity index (χ3v) is 4.79. The minimum Gasteiger partial charge on any atom is -0.314 e. The summed E-state index contributed by atoms with van der Waals surface area (Å²) in [6.07, 6.45) is 1.52. The Kier molecular flexibility index (Phi) is 5.14. The van der Waals surface area contributed by atoms with Gasteiger partial charge in [0, 0.05) is 45.3 Å². The minimum absolute atomic E-state index is 0.0183. The highest BCUT2D eigenvalue weighted by molar-refractivity contribution is 7.89. The van der Waals surface area contributed by atoms with E-state index in [4.69, 9.17) is 0 Å². The first-order valence-corrected chi connectivity index (χ1v) is 8.45. The summed E-state index contributed by atoms with van der Waals surface area (Å²) in [5.74, 6) is 0. The molecule has 0 saturated carbocycles. The van der Waals surface area contributed by atoms with Gasteiger partial charge in [0.1, 0.15) is 0 Å². The topological polar surface area (TPSA) is 79.3 Å². The van der Waals surface area contributed by atoms with E-state index < -0.39 is 10.0 Å². The molecule has 1 aromatic heterocycles. The molecule has 0 aromatic carbocycles. The Labute approximate surface area is 120 Å². The molecule has 114 valence electrons. The van der Waals surface area contributed by atoms with Crippen LogP contribution in [0.4, 0.5) is 0 Å². The van der Waals surface area contributed by atoms with Gasteiger partial charge in [-0.1, -0.05) is 0 Å². The van der Waals surface area contributed by atoms with Gasteiger partial charge in [0.05, 0.1) is 6.20 Å². The van der Waals surface area contributed by atoms with Crippen molar-refractivity contribution in [2.24, 2.45) is 0 Å². The van der Waals surface area contributed by atoms with Crippen molar-refractivity contribution in [1.82, 2.24) is 24.7 Å². The maximum Gasteiger partial charge on any atom is 0.257 e. The van der Waals surface area contributed by atoms with Gasteiger partial charge in [0.25, 0.3) is 10.0 Å². The van der Waals surface area contributed by atoms with Crippen LogP contribution < -0.4 is 10.0 Å². The van der Waals surface area contributed by atoms with E-state index in [1.807, 2.05) is 13.8 Å². The molecular formula is C12H23N5O2S. The fourth-order valence-electron chi connectivity index (χ4n) is 2.25. The Morgan fingerprint density at radius 3 is 2.75 bits per heavy atom. The van der Waals surface area contributed by atoms with Crippen molar-refractivity contribution in [2.75, 3.05) is 39.3 Å². The summed E-state index contributed by atoms with van der Waals surface area (Å²) >= 11 is 0. The van der Waals surface area contributed by atoms with Crippen molar-refractivity contribution in [3.63, 3.8) is 0 Å². The fourth-order valence-corrected chi connectivity index (χ4v) is 3.50. The zero-order valence-electron chi connectivity index (χ0n) is 12.0. The number of rotatable bonds is 6. The van der Waals surface area contributed by atoms with Gasteiger partial charge in [0.15, 0.2) is 5.03 Å². The first kappa shape index (κ1) is 15.4. The monoisotopic (exact) mass is 301 g/mol. The predicted octanol–water partition coefficient (Wildman–Crippen LogP) is -0.352. The Balaban J connectivity index is 1.92. The van der Waals surface area contributed by atoms with Crippen LogP contribution in [0.15, 0.2) is 17.3 Å². The number of nitrogens with one attached hydrogen (secondary N) is 2. The lowest BCUT2D eigenvalue weighted by Gasteiger charge is -2.27. The molecule has 1 fully saturated rings. The van der Waals surface area contributed by atoms with E-state index in [1.165, 1.54) is 16.9 Å². The van der Waals surface area contributed by atoms with Crippen molar-refractivity contribution < 1.29 is 8.42 Å². The molecule has 0 unspecified atom stereocenters. The lowest BCUT2D eigenvalue weighted by atomic mass is 10.3. The summed E-state index contributed by atoms with van der Waals surface area (Å²) in [5.41, 5.74) is 0. The maximum absolute atomic E-state index is 12.3. The molecule has 2 N–H and O–H groups in total. The third kappa shape index (κ3) is 3.78. The van der Waals surface area contributed by atoms with Gasteiger partial charge in [-0.25, -0.2) is 13.1 Å². The second-order valence-corrected chi connectivity index (χ2v) is 6.91. The molecule has 2 rings (SSSR count). The highest BCUT2D eigenvalue weighted by Gasteiger charge is 2.20. The van der Waals surface area contributed by atoms with Crippen LogP contribution in [0.5, 0.6) is 0 Å².